The number of nitrogens with one attached hydrogen (secondary N) is 2. The molecule has 3 rings (SSSR count). The number of nitrogens with zero attached hydrogens (tertiary/aromatic N) is 3. The summed E-state index contributed by atoms with van der Waals surface area (Å²) in [5.74, 6) is 0.564. The maximum atomic E-state index is 12.7. The van der Waals surface area contributed by atoms with Gasteiger partial charge in [-0.3, -0.25) is 4.90 Å². The van der Waals surface area contributed by atoms with Crippen LogP contribution in [-0.2, 0) is 25.8 Å². The predicted molar refractivity (Wildman–Crippen MR) is 130 cm³/mol. The summed E-state index contributed by atoms with van der Waals surface area (Å²) < 4.78 is 38.2. The van der Waals surface area contributed by atoms with Crippen LogP contribution in [0.3, 0.4) is 0 Å². The average Bonchev–Trinajstić information content (AvgIpc) is 3.21. The average molecular weight is 567 g/mol. The highest BCUT2D eigenvalue weighted by atomic mass is 127. The molecule has 2 N–H and O–H groups in total. The van der Waals surface area contributed by atoms with Gasteiger partial charge in [0, 0.05) is 18.5 Å². The first-order valence-electron chi connectivity index (χ1n) is 10.3. The molecule has 0 atom stereocenters. The Morgan fingerprint density at radius 3 is 2.48 bits per heavy atom. The molecule has 2 aromatic rings. The monoisotopic (exact) mass is 567 g/mol. The van der Waals surface area contributed by atoms with Gasteiger partial charge >= 0.3 is 6.18 Å². The summed E-state index contributed by atoms with van der Waals surface area (Å²) in [4.78, 5) is 10.8. The maximum Gasteiger partial charge on any atom is 0.434 e. The van der Waals surface area contributed by atoms with Gasteiger partial charge in [0.25, 0.3) is 0 Å². The Bertz CT molecular complexity index is 834. The van der Waals surface area contributed by atoms with Gasteiger partial charge in [0.2, 0.25) is 0 Å². The fourth-order valence-electron chi connectivity index (χ4n) is 3.41. The summed E-state index contributed by atoms with van der Waals surface area (Å²) in [5.41, 5.74) is 1.58. The van der Waals surface area contributed by atoms with Crippen molar-refractivity contribution in [2.75, 3.05) is 19.6 Å². The fourth-order valence-corrected chi connectivity index (χ4v) is 4.15. The molecule has 0 radical (unpaired) electrons. The Kier molecular flexibility index (Phi) is 10.5. The first-order valence-corrected chi connectivity index (χ1v) is 11.2. The van der Waals surface area contributed by atoms with Gasteiger partial charge in [0.1, 0.15) is 5.01 Å². The van der Waals surface area contributed by atoms with E-state index in [9.17, 15) is 13.2 Å². The van der Waals surface area contributed by atoms with Crippen molar-refractivity contribution in [3.05, 3.63) is 51.5 Å². The van der Waals surface area contributed by atoms with Crippen molar-refractivity contribution in [1.82, 2.24) is 20.5 Å². The van der Waals surface area contributed by atoms with Gasteiger partial charge in [-0.15, -0.1) is 35.3 Å². The SMILES string of the molecule is CCNC(=NCc1ccccc1CN1CCCCC1)NCc1nc(C(F)(F)F)cs1.I. The Hall–Kier alpha value is -1.40. The first-order chi connectivity index (χ1) is 14.5. The lowest BCUT2D eigenvalue weighted by Gasteiger charge is -2.27. The molecule has 1 aromatic carbocycles. The standard InChI is InChI=1S/C21H28F3N5S.HI/c1-2-25-20(27-13-19-28-18(15-30-19)21(22,23)24)26-12-16-8-4-5-9-17(16)14-29-10-6-3-7-11-29;/h4-5,8-9,15H,2-3,6-7,10-14H2,1H3,(H2,25,26,27);1H. The van der Waals surface area contributed by atoms with Crippen molar-refractivity contribution >= 4 is 41.3 Å². The normalized spacial score (nSPS) is 15.4. The van der Waals surface area contributed by atoms with E-state index in [-0.39, 0.29) is 30.5 Å². The maximum absolute atomic E-state index is 12.7. The van der Waals surface area contributed by atoms with Crippen LogP contribution in [0.1, 0.15) is 48.0 Å². The third-order valence-electron chi connectivity index (χ3n) is 4.96. The van der Waals surface area contributed by atoms with E-state index < -0.39 is 11.9 Å². The van der Waals surface area contributed by atoms with Crippen LogP contribution in [0.2, 0.25) is 0 Å². The molecule has 5 nitrogen and oxygen atoms in total. The lowest BCUT2D eigenvalue weighted by molar-refractivity contribution is -0.140. The predicted octanol–water partition coefficient (Wildman–Crippen LogP) is 5.02. The highest BCUT2D eigenvalue weighted by Crippen LogP contribution is 2.29. The third-order valence-corrected chi connectivity index (χ3v) is 5.81. The molecule has 0 spiro atoms. The van der Waals surface area contributed by atoms with Gasteiger partial charge in [-0.1, -0.05) is 30.7 Å². The molecule has 172 valence electrons. The van der Waals surface area contributed by atoms with Crippen LogP contribution in [0.15, 0.2) is 34.6 Å². The van der Waals surface area contributed by atoms with E-state index in [0.717, 1.165) is 41.9 Å². The van der Waals surface area contributed by atoms with Gasteiger partial charge in [0.05, 0.1) is 13.1 Å². The Labute approximate surface area is 202 Å². The zero-order valence-corrected chi connectivity index (χ0v) is 20.7. The van der Waals surface area contributed by atoms with Crippen molar-refractivity contribution < 1.29 is 13.2 Å². The molecule has 0 saturated carbocycles. The number of rotatable bonds is 7. The fraction of sp³-hybridized carbons (Fsp3) is 0.524. The number of likely N-dealkylation sites (tertiary alicyclic amines) is 1. The minimum absolute atomic E-state index is 0. The summed E-state index contributed by atoms with van der Waals surface area (Å²) in [7, 11) is 0. The number of piperidine rings is 1. The van der Waals surface area contributed by atoms with E-state index in [4.69, 9.17) is 0 Å². The van der Waals surface area contributed by atoms with Crippen molar-refractivity contribution in [2.24, 2.45) is 4.99 Å². The number of benzene rings is 1. The summed E-state index contributed by atoms with van der Waals surface area (Å²) in [6.07, 6.45) is -0.599. The van der Waals surface area contributed by atoms with Gasteiger partial charge < -0.3 is 10.6 Å². The summed E-state index contributed by atoms with van der Waals surface area (Å²) in [6.45, 7) is 6.51. The minimum Gasteiger partial charge on any atom is -0.357 e. The summed E-state index contributed by atoms with van der Waals surface area (Å²) >= 11 is 0.991. The molecule has 1 saturated heterocycles. The Balaban J connectivity index is 0.00000341. The number of guanidine groups is 1. The molecule has 1 fully saturated rings. The van der Waals surface area contributed by atoms with Crippen molar-refractivity contribution in [3.63, 3.8) is 0 Å². The molecule has 0 bridgehead atoms. The molecule has 0 unspecified atom stereocenters. The van der Waals surface area contributed by atoms with Gasteiger partial charge in [-0.05, 0) is 44.0 Å². The number of hydrogen-bond donors (Lipinski definition) is 2. The molecule has 0 amide bonds. The molecule has 31 heavy (non-hydrogen) atoms. The van der Waals surface area contributed by atoms with E-state index in [1.54, 1.807) is 0 Å². The molecule has 1 aliphatic heterocycles. The van der Waals surface area contributed by atoms with Gasteiger partial charge in [-0.25, -0.2) is 9.98 Å². The molecular formula is C21H29F3IN5S. The van der Waals surface area contributed by atoms with Crippen molar-refractivity contribution in [2.45, 2.75) is 52.0 Å². The molecular weight excluding hydrogens is 538 g/mol. The Morgan fingerprint density at radius 2 is 1.84 bits per heavy atom. The lowest BCUT2D eigenvalue weighted by Crippen LogP contribution is -2.36. The molecule has 1 aliphatic rings. The number of aromatic nitrogens is 1. The third kappa shape index (κ3) is 8.23. The van der Waals surface area contributed by atoms with Crippen LogP contribution in [0.25, 0.3) is 0 Å². The smallest absolute Gasteiger partial charge is 0.357 e. The molecule has 2 heterocycles. The number of aliphatic imine (C=N–C) groups is 1. The van der Waals surface area contributed by atoms with Crippen LogP contribution < -0.4 is 10.6 Å². The lowest BCUT2D eigenvalue weighted by atomic mass is 10.1. The molecule has 0 aliphatic carbocycles. The van der Waals surface area contributed by atoms with E-state index in [1.165, 1.54) is 24.8 Å². The molecule has 1 aromatic heterocycles. The quantitative estimate of drug-likeness (QED) is 0.281. The second-order valence-electron chi connectivity index (χ2n) is 7.28. The molecule has 10 heteroatoms. The zero-order valence-electron chi connectivity index (χ0n) is 17.5. The highest BCUT2D eigenvalue weighted by molar-refractivity contribution is 14.0. The number of alkyl halides is 3. The van der Waals surface area contributed by atoms with E-state index in [1.807, 2.05) is 13.0 Å². The first kappa shape index (κ1) is 25.9. The van der Waals surface area contributed by atoms with Crippen molar-refractivity contribution in [1.29, 1.82) is 0 Å². The largest absolute Gasteiger partial charge is 0.434 e. The van der Waals surface area contributed by atoms with Crippen LogP contribution in [-0.4, -0.2) is 35.5 Å². The van der Waals surface area contributed by atoms with Crippen LogP contribution in [0, 0.1) is 0 Å². The number of hydrogen-bond acceptors (Lipinski definition) is 4. The van der Waals surface area contributed by atoms with E-state index >= 15 is 0 Å². The zero-order chi connectivity index (χ0) is 21.4. The van der Waals surface area contributed by atoms with E-state index in [2.05, 4.69) is 43.7 Å². The van der Waals surface area contributed by atoms with E-state index in [0.29, 0.717) is 24.1 Å². The van der Waals surface area contributed by atoms with Gasteiger partial charge in [-0.2, -0.15) is 13.2 Å². The van der Waals surface area contributed by atoms with Crippen molar-refractivity contribution in [3.8, 4) is 0 Å². The number of halogens is 4. The Morgan fingerprint density at radius 1 is 1.13 bits per heavy atom. The second-order valence-corrected chi connectivity index (χ2v) is 8.22. The minimum atomic E-state index is -4.41. The van der Waals surface area contributed by atoms with Crippen LogP contribution in [0.4, 0.5) is 13.2 Å². The van der Waals surface area contributed by atoms with Gasteiger partial charge in [0.15, 0.2) is 11.7 Å². The van der Waals surface area contributed by atoms with Crippen LogP contribution >= 0.6 is 35.3 Å². The topological polar surface area (TPSA) is 52.6 Å². The second kappa shape index (κ2) is 12.6. The van der Waals surface area contributed by atoms with Crippen LogP contribution in [0.5, 0.6) is 0 Å². The summed E-state index contributed by atoms with van der Waals surface area (Å²) in [5, 5.41) is 7.64. The summed E-state index contributed by atoms with van der Waals surface area (Å²) in [6, 6.07) is 8.30. The highest BCUT2D eigenvalue weighted by Gasteiger charge is 2.33. The number of thiazole rings is 1.